The first-order valence-electron chi connectivity index (χ1n) is 6.15. The van der Waals surface area contributed by atoms with Crippen LogP contribution in [0, 0.1) is 5.92 Å². The molecule has 1 unspecified atom stereocenters. The molecule has 0 saturated carbocycles. The molecule has 0 fully saturated rings. The molecular weight excluding hydrogens is 280 g/mol. The Labute approximate surface area is 119 Å². The summed E-state index contributed by atoms with van der Waals surface area (Å²) in [5, 5.41) is 0. The van der Waals surface area contributed by atoms with Crippen LogP contribution in [0.1, 0.15) is 6.92 Å². The summed E-state index contributed by atoms with van der Waals surface area (Å²) in [5.74, 6) is -0.679. The average molecular weight is 300 g/mol. The van der Waals surface area contributed by atoms with Crippen molar-refractivity contribution in [1.82, 2.24) is 4.72 Å². The number of ether oxygens (including phenoxy) is 1. The number of rotatable bonds is 6. The first-order valence-corrected chi connectivity index (χ1v) is 7.63. The van der Waals surface area contributed by atoms with Crippen LogP contribution in [-0.2, 0) is 19.6 Å². The van der Waals surface area contributed by atoms with Gasteiger partial charge in [-0.1, -0.05) is 19.1 Å². The number of nitrogens with one attached hydrogen (secondary N) is 1. The van der Waals surface area contributed by atoms with Gasteiger partial charge in [0.15, 0.2) is 0 Å². The molecule has 1 rings (SSSR count). The summed E-state index contributed by atoms with van der Waals surface area (Å²) in [6.45, 7) is 2.10. The molecule has 0 amide bonds. The lowest BCUT2D eigenvalue weighted by molar-refractivity contribution is -0.144. The summed E-state index contributed by atoms with van der Waals surface area (Å²) in [6, 6.07) is 6.64. The van der Waals surface area contributed by atoms with E-state index < -0.39 is 10.0 Å². The van der Waals surface area contributed by atoms with Gasteiger partial charge < -0.3 is 9.64 Å². The van der Waals surface area contributed by atoms with Crippen LogP contribution in [0.3, 0.4) is 0 Å². The molecule has 0 aromatic heterocycles. The molecule has 20 heavy (non-hydrogen) atoms. The molecule has 112 valence electrons. The Morgan fingerprint density at radius 1 is 1.40 bits per heavy atom. The normalized spacial score (nSPS) is 12.8. The summed E-state index contributed by atoms with van der Waals surface area (Å²) >= 11 is 0. The minimum absolute atomic E-state index is 0.182. The molecule has 1 aromatic carbocycles. The zero-order valence-corrected chi connectivity index (χ0v) is 12.9. The highest BCUT2D eigenvalue weighted by atomic mass is 32.2. The van der Waals surface area contributed by atoms with Crippen molar-refractivity contribution >= 4 is 21.7 Å². The Morgan fingerprint density at radius 2 is 2.00 bits per heavy atom. The van der Waals surface area contributed by atoms with E-state index in [1.54, 1.807) is 37.1 Å². The molecule has 0 saturated heterocycles. The van der Waals surface area contributed by atoms with E-state index in [2.05, 4.69) is 9.46 Å². The predicted molar refractivity (Wildman–Crippen MR) is 77.1 cm³/mol. The summed E-state index contributed by atoms with van der Waals surface area (Å²) < 4.78 is 30.9. The van der Waals surface area contributed by atoms with Gasteiger partial charge >= 0.3 is 5.97 Å². The lowest BCUT2D eigenvalue weighted by atomic mass is 10.1. The van der Waals surface area contributed by atoms with Crippen molar-refractivity contribution < 1.29 is 17.9 Å². The van der Waals surface area contributed by atoms with Crippen LogP contribution in [0.5, 0.6) is 0 Å². The second-order valence-corrected chi connectivity index (χ2v) is 6.33. The maximum absolute atomic E-state index is 12.0. The quantitative estimate of drug-likeness (QED) is 0.788. The molecule has 0 aliphatic heterocycles. The van der Waals surface area contributed by atoms with Crippen molar-refractivity contribution in [1.29, 1.82) is 0 Å². The van der Waals surface area contributed by atoms with E-state index in [4.69, 9.17) is 0 Å². The molecule has 0 aliphatic carbocycles. The first kappa shape index (κ1) is 16.5. The van der Waals surface area contributed by atoms with Crippen LogP contribution in [0.2, 0.25) is 0 Å². The number of hydrogen-bond acceptors (Lipinski definition) is 5. The number of anilines is 1. The number of esters is 1. The highest BCUT2D eigenvalue weighted by Crippen LogP contribution is 2.24. The maximum Gasteiger partial charge on any atom is 0.310 e. The summed E-state index contributed by atoms with van der Waals surface area (Å²) in [7, 11) is 0.892. The number of para-hydroxylation sites is 1. The standard InChI is InChI=1S/C13H20N2O4S/c1-10(13(16)19-4)9-15(3)11-7-5-6-8-12(11)20(17,18)14-2/h5-8,10,14H,9H2,1-4H3. The monoisotopic (exact) mass is 300 g/mol. The van der Waals surface area contributed by atoms with Gasteiger partial charge in [-0.05, 0) is 19.2 Å². The fourth-order valence-electron chi connectivity index (χ4n) is 1.89. The number of carbonyl (C=O) groups is 1. The van der Waals surface area contributed by atoms with Crippen LogP contribution in [0.25, 0.3) is 0 Å². The number of methoxy groups -OCH3 is 1. The maximum atomic E-state index is 12.0. The largest absolute Gasteiger partial charge is 0.469 e. The van der Waals surface area contributed by atoms with Crippen LogP contribution in [0.4, 0.5) is 5.69 Å². The van der Waals surface area contributed by atoms with Crippen molar-refractivity contribution in [2.24, 2.45) is 5.92 Å². The van der Waals surface area contributed by atoms with Gasteiger partial charge in [-0.2, -0.15) is 0 Å². The lowest BCUT2D eigenvalue weighted by Crippen LogP contribution is -2.31. The van der Waals surface area contributed by atoms with Crippen LogP contribution < -0.4 is 9.62 Å². The third kappa shape index (κ3) is 3.71. The second-order valence-electron chi connectivity index (χ2n) is 4.48. The zero-order valence-electron chi connectivity index (χ0n) is 12.1. The fourth-order valence-corrected chi connectivity index (χ4v) is 2.87. The molecule has 0 aliphatic rings. The average Bonchev–Trinajstić information content (AvgIpc) is 2.46. The Morgan fingerprint density at radius 3 is 2.55 bits per heavy atom. The Hall–Kier alpha value is -1.60. The van der Waals surface area contributed by atoms with E-state index in [9.17, 15) is 13.2 Å². The molecule has 1 aromatic rings. The van der Waals surface area contributed by atoms with Gasteiger partial charge in [0.25, 0.3) is 0 Å². The molecular formula is C13H20N2O4S. The number of nitrogens with zero attached hydrogens (tertiary/aromatic N) is 1. The van der Waals surface area contributed by atoms with Crippen molar-refractivity contribution in [3.8, 4) is 0 Å². The van der Waals surface area contributed by atoms with Crippen LogP contribution in [-0.4, -0.2) is 42.1 Å². The van der Waals surface area contributed by atoms with Crippen LogP contribution >= 0.6 is 0 Å². The van der Waals surface area contributed by atoms with Gasteiger partial charge in [-0.15, -0.1) is 0 Å². The lowest BCUT2D eigenvalue weighted by Gasteiger charge is -2.24. The predicted octanol–water partition coefficient (Wildman–Crippen LogP) is 0.840. The third-order valence-electron chi connectivity index (χ3n) is 2.99. The van der Waals surface area contributed by atoms with Crippen LogP contribution in [0.15, 0.2) is 29.2 Å². The smallest absolute Gasteiger partial charge is 0.310 e. The topological polar surface area (TPSA) is 75.7 Å². The van der Waals surface area contributed by atoms with Gasteiger partial charge in [0, 0.05) is 13.6 Å². The minimum Gasteiger partial charge on any atom is -0.469 e. The number of hydrogen-bond donors (Lipinski definition) is 1. The molecule has 7 heteroatoms. The number of sulfonamides is 1. The van der Waals surface area contributed by atoms with Crippen molar-refractivity contribution in [2.75, 3.05) is 32.6 Å². The number of carbonyl (C=O) groups excluding carboxylic acids is 1. The summed E-state index contributed by atoms with van der Waals surface area (Å²) in [5.41, 5.74) is 0.539. The first-order chi connectivity index (χ1) is 9.33. The fraction of sp³-hybridized carbons (Fsp3) is 0.462. The van der Waals surface area contributed by atoms with E-state index >= 15 is 0 Å². The molecule has 0 bridgehead atoms. The van der Waals surface area contributed by atoms with Gasteiger partial charge in [0.2, 0.25) is 10.0 Å². The summed E-state index contributed by atoms with van der Waals surface area (Å²) in [4.78, 5) is 13.3. The molecule has 1 atom stereocenters. The minimum atomic E-state index is -3.54. The Balaban J connectivity index is 3.06. The molecule has 0 heterocycles. The molecule has 6 nitrogen and oxygen atoms in total. The van der Waals surface area contributed by atoms with Crippen molar-refractivity contribution in [3.05, 3.63) is 24.3 Å². The van der Waals surface area contributed by atoms with E-state index in [0.717, 1.165) is 0 Å². The molecule has 0 radical (unpaired) electrons. The van der Waals surface area contributed by atoms with E-state index in [0.29, 0.717) is 12.2 Å². The highest BCUT2D eigenvalue weighted by Gasteiger charge is 2.21. The van der Waals surface area contributed by atoms with E-state index in [1.807, 2.05) is 0 Å². The Kier molecular flexibility index (Phi) is 5.52. The van der Waals surface area contributed by atoms with Crippen molar-refractivity contribution in [3.63, 3.8) is 0 Å². The highest BCUT2D eigenvalue weighted by molar-refractivity contribution is 7.89. The molecule has 0 spiro atoms. The van der Waals surface area contributed by atoms with Gasteiger partial charge in [-0.25, -0.2) is 13.1 Å². The SMILES string of the molecule is CNS(=O)(=O)c1ccccc1N(C)CC(C)C(=O)OC. The van der Waals surface area contributed by atoms with E-state index in [-0.39, 0.29) is 16.8 Å². The van der Waals surface area contributed by atoms with Crippen molar-refractivity contribution in [2.45, 2.75) is 11.8 Å². The molecule has 1 N–H and O–H groups in total. The van der Waals surface area contributed by atoms with Gasteiger partial charge in [-0.3, -0.25) is 4.79 Å². The zero-order chi connectivity index (χ0) is 15.3. The van der Waals surface area contributed by atoms with E-state index in [1.165, 1.54) is 20.2 Å². The van der Waals surface area contributed by atoms with Gasteiger partial charge in [0.1, 0.15) is 4.90 Å². The van der Waals surface area contributed by atoms with Gasteiger partial charge in [0.05, 0.1) is 18.7 Å². The summed E-state index contributed by atoms with van der Waals surface area (Å²) in [6.07, 6.45) is 0. The number of benzene rings is 1. The third-order valence-corrected chi connectivity index (χ3v) is 4.45. The Bertz CT molecular complexity index is 571. The second kappa shape index (κ2) is 6.71.